The molecule has 0 aliphatic carbocycles. The van der Waals surface area contributed by atoms with Crippen LogP contribution in [0, 0.1) is 6.92 Å². The number of likely N-dealkylation sites (tertiary alicyclic amines) is 1. The maximum atomic E-state index is 12.0. The van der Waals surface area contributed by atoms with Crippen LogP contribution in [0.25, 0.3) is 11.5 Å². The van der Waals surface area contributed by atoms with Gasteiger partial charge in [-0.25, -0.2) is 0 Å². The second kappa shape index (κ2) is 8.94. The molecule has 1 atom stereocenters. The van der Waals surface area contributed by atoms with Crippen molar-refractivity contribution >= 4 is 5.91 Å². The standard InChI is InChI=1S/C20H28N4O2/c1-15-6-8-17(9-7-15)20-23-22-19(26-20)11-10-18(25)21-12-14-24-13-4-3-5-16(24)2/h6-9,16H,3-5,10-14H2,1-2H3,(H,21,25)/t16-/m0/s1. The molecule has 1 aromatic carbocycles. The molecule has 0 spiro atoms. The van der Waals surface area contributed by atoms with Gasteiger partial charge in [0.15, 0.2) is 0 Å². The van der Waals surface area contributed by atoms with E-state index in [2.05, 4.69) is 27.3 Å². The van der Waals surface area contributed by atoms with E-state index in [1.54, 1.807) is 0 Å². The molecule has 6 nitrogen and oxygen atoms in total. The summed E-state index contributed by atoms with van der Waals surface area (Å²) in [7, 11) is 0. The molecule has 0 bridgehead atoms. The summed E-state index contributed by atoms with van der Waals surface area (Å²) in [6, 6.07) is 8.56. The molecule has 1 fully saturated rings. The predicted molar refractivity (Wildman–Crippen MR) is 101 cm³/mol. The molecule has 3 rings (SSSR count). The summed E-state index contributed by atoms with van der Waals surface area (Å²) < 4.78 is 5.66. The highest BCUT2D eigenvalue weighted by molar-refractivity contribution is 5.76. The van der Waals surface area contributed by atoms with Crippen LogP contribution in [0.15, 0.2) is 28.7 Å². The van der Waals surface area contributed by atoms with Crippen molar-refractivity contribution in [2.75, 3.05) is 19.6 Å². The fraction of sp³-hybridized carbons (Fsp3) is 0.550. The summed E-state index contributed by atoms with van der Waals surface area (Å²) >= 11 is 0. The van der Waals surface area contributed by atoms with Gasteiger partial charge in [0.25, 0.3) is 0 Å². The Morgan fingerprint density at radius 3 is 2.85 bits per heavy atom. The van der Waals surface area contributed by atoms with Gasteiger partial charge in [-0.05, 0) is 45.4 Å². The highest BCUT2D eigenvalue weighted by atomic mass is 16.4. The van der Waals surface area contributed by atoms with Crippen LogP contribution in [0.2, 0.25) is 0 Å². The number of aromatic nitrogens is 2. The first-order valence-electron chi connectivity index (χ1n) is 9.52. The largest absolute Gasteiger partial charge is 0.421 e. The third kappa shape index (κ3) is 5.14. The fourth-order valence-corrected chi connectivity index (χ4v) is 3.31. The Labute approximate surface area is 155 Å². The number of aryl methyl sites for hydroxylation is 2. The Hall–Kier alpha value is -2.21. The number of carbonyl (C=O) groups excluding carboxylic acids is 1. The smallest absolute Gasteiger partial charge is 0.247 e. The van der Waals surface area contributed by atoms with E-state index >= 15 is 0 Å². The maximum Gasteiger partial charge on any atom is 0.247 e. The highest BCUT2D eigenvalue weighted by Gasteiger charge is 2.17. The first kappa shape index (κ1) is 18.6. The molecule has 1 aromatic heterocycles. The van der Waals surface area contributed by atoms with Crippen molar-refractivity contribution in [1.29, 1.82) is 0 Å². The Balaban J connectivity index is 1.40. The number of hydrogen-bond acceptors (Lipinski definition) is 5. The highest BCUT2D eigenvalue weighted by Crippen LogP contribution is 2.18. The Kier molecular flexibility index (Phi) is 6.39. The van der Waals surface area contributed by atoms with Crippen molar-refractivity contribution in [2.45, 2.75) is 52.0 Å². The number of carbonyl (C=O) groups is 1. The van der Waals surface area contributed by atoms with E-state index in [-0.39, 0.29) is 5.91 Å². The van der Waals surface area contributed by atoms with Crippen molar-refractivity contribution in [3.63, 3.8) is 0 Å². The summed E-state index contributed by atoms with van der Waals surface area (Å²) in [5, 5.41) is 11.1. The first-order chi connectivity index (χ1) is 12.6. The van der Waals surface area contributed by atoms with Gasteiger partial charge < -0.3 is 9.73 Å². The maximum absolute atomic E-state index is 12.0. The molecule has 0 unspecified atom stereocenters. The predicted octanol–water partition coefficient (Wildman–Crippen LogP) is 2.97. The Morgan fingerprint density at radius 2 is 2.08 bits per heavy atom. The van der Waals surface area contributed by atoms with Crippen molar-refractivity contribution < 1.29 is 9.21 Å². The van der Waals surface area contributed by atoms with Gasteiger partial charge in [-0.15, -0.1) is 10.2 Å². The lowest BCUT2D eigenvalue weighted by molar-refractivity contribution is -0.121. The van der Waals surface area contributed by atoms with Crippen LogP contribution in [0.4, 0.5) is 0 Å². The zero-order chi connectivity index (χ0) is 18.4. The van der Waals surface area contributed by atoms with Gasteiger partial charge in [0.05, 0.1) is 0 Å². The third-order valence-electron chi connectivity index (χ3n) is 4.99. The molecule has 140 valence electrons. The van der Waals surface area contributed by atoms with Gasteiger partial charge in [0, 0.05) is 37.5 Å². The van der Waals surface area contributed by atoms with Gasteiger partial charge in [-0.1, -0.05) is 24.1 Å². The minimum absolute atomic E-state index is 0.0322. The quantitative estimate of drug-likeness (QED) is 0.826. The zero-order valence-corrected chi connectivity index (χ0v) is 15.7. The average Bonchev–Trinajstić information content (AvgIpc) is 3.11. The fourth-order valence-electron chi connectivity index (χ4n) is 3.31. The molecule has 6 heteroatoms. The van der Waals surface area contributed by atoms with E-state index in [1.165, 1.54) is 24.8 Å². The summed E-state index contributed by atoms with van der Waals surface area (Å²) in [4.78, 5) is 14.5. The molecule has 1 aliphatic heterocycles. The van der Waals surface area contributed by atoms with Crippen molar-refractivity contribution in [3.8, 4) is 11.5 Å². The third-order valence-corrected chi connectivity index (χ3v) is 4.99. The number of hydrogen-bond donors (Lipinski definition) is 1. The normalized spacial score (nSPS) is 18.0. The van der Waals surface area contributed by atoms with Crippen LogP contribution >= 0.6 is 0 Å². The molecule has 2 aromatic rings. The van der Waals surface area contributed by atoms with Gasteiger partial charge >= 0.3 is 0 Å². The topological polar surface area (TPSA) is 71.3 Å². The number of piperidine rings is 1. The minimum atomic E-state index is 0.0322. The molecule has 2 heterocycles. The Bertz CT molecular complexity index is 711. The summed E-state index contributed by atoms with van der Waals surface area (Å²) in [5.74, 6) is 1.03. The molecule has 26 heavy (non-hydrogen) atoms. The lowest BCUT2D eigenvalue weighted by Crippen LogP contribution is -2.42. The number of nitrogens with zero attached hydrogens (tertiary/aromatic N) is 3. The SMILES string of the molecule is Cc1ccc(-c2nnc(CCC(=O)NCCN3CCCC[C@@H]3C)o2)cc1. The average molecular weight is 356 g/mol. The van der Waals surface area contributed by atoms with Crippen molar-refractivity contribution in [2.24, 2.45) is 0 Å². The molecule has 0 saturated carbocycles. The van der Waals surface area contributed by atoms with E-state index in [9.17, 15) is 4.79 Å². The molecular formula is C20H28N4O2. The van der Waals surface area contributed by atoms with E-state index < -0.39 is 0 Å². The zero-order valence-electron chi connectivity index (χ0n) is 15.7. The van der Waals surface area contributed by atoms with Crippen LogP contribution in [-0.4, -0.2) is 46.7 Å². The molecule has 1 amide bonds. The van der Waals surface area contributed by atoms with Crippen molar-refractivity contribution in [1.82, 2.24) is 20.4 Å². The van der Waals surface area contributed by atoms with Crippen LogP contribution in [0.5, 0.6) is 0 Å². The van der Waals surface area contributed by atoms with Gasteiger partial charge in [-0.2, -0.15) is 0 Å². The van der Waals surface area contributed by atoms with E-state index in [1.807, 2.05) is 31.2 Å². The molecular weight excluding hydrogens is 328 g/mol. The first-order valence-corrected chi connectivity index (χ1v) is 9.52. The molecule has 1 saturated heterocycles. The summed E-state index contributed by atoms with van der Waals surface area (Å²) in [5.41, 5.74) is 2.08. The van der Waals surface area contributed by atoms with Gasteiger partial charge in [0.2, 0.25) is 17.7 Å². The molecule has 1 N–H and O–H groups in total. The van der Waals surface area contributed by atoms with E-state index in [0.717, 1.165) is 18.7 Å². The number of amides is 1. The van der Waals surface area contributed by atoms with E-state index in [4.69, 9.17) is 4.42 Å². The Morgan fingerprint density at radius 1 is 1.27 bits per heavy atom. The molecule has 0 radical (unpaired) electrons. The second-order valence-corrected chi connectivity index (χ2v) is 7.10. The monoisotopic (exact) mass is 356 g/mol. The van der Waals surface area contributed by atoms with Crippen LogP contribution in [0.3, 0.4) is 0 Å². The van der Waals surface area contributed by atoms with E-state index in [0.29, 0.717) is 37.2 Å². The minimum Gasteiger partial charge on any atom is -0.421 e. The van der Waals surface area contributed by atoms with Crippen LogP contribution in [0.1, 0.15) is 44.1 Å². The van der Waals surface area contributed by atoms with Gasteiger partial charge in [-0.3, -0.25) is 9.69 Å². The lowest BCUT2D eigenvalue weighted by Gasteiger charge is -2.33. The summed E-state index contributed by atoms with van der Waals surface area (Å²) in [6.45, 7) is 7.06. The van der Waals surface area contributed by atoms with Gasteiger partial charge in [0.1, 0.15) is 0 Å². The number of benzene rings is 1. The van der Waals surface area contributed by atoms with Crippen molar-refractivity contribution in [3.05, 3.63) is 35.7 Å². The van der Waals surface area contributed by atoms with Crippen LogP contribution < -0.4 is 5.32 Å². The lowest BCUT2D eigenvalue weighted by atomic mass is 10.0. The number of nitrogens with one attached hydrogen (secondary N) is 1. The summed E-state index contributed by atoms with van der Waals surface area (Å²) in [6.07, 6.45) is 4.67. The molecule has 1 aliphatic rings. The van der Waals surface area contributed by atoms with Crippen LogP contribution in [-0.2, 0) is 11.2 Å². The number of rotatable bonds is 7. The second-order valence-electron chi connectivity index (χ2n) is 7.10.